The first-order valence-electron chi connectivity index (χ1n) is 8.36. The first-order valence-corrected chi connectivity index (χ1v) is 8.36. The number of methoxy groups -OCH3 is 1. The highest BCUT2D eigenvalue weighted by molar-refractivity contribution is 5.98. The van der Waals surface area contributed by atoms with Gasteiger partial charge in [-0.1, -0.05) is 18.2 Å². The van der Waals surface area contributed by atoms with Crippen molar-refractivity contribution in [3.8, 4) is 5.75 Å². The van der Waals surface area contributed by atoms with Gasteiger partial charge in [0.05, 0.1) is 13.3 Å². The number of hydrogen-bond donors (Lipinski definition) is 1. The van der Waals surface area contributed by atoms with Gasteiger partial charge in [-0.05, 0) is 24.3 Å². The van der Waals surface area contributed by atoms with E-state index in [2.05, 4.69) is 14.9 Å². The first-order chi connectivity index (χ1) is 12.2. The molecule has 1 amide bonds. The Balaban J connectivity index is 1.43. The normalized spacial score (nSPS) is 14.8. The second kappa shape index (κ2) is 6.47. The maximum atomic E-state index is 12.7. The molecule has 2 aromatic heterocycles. The molecule has 128 valence electrons. The number of carbonyl (C=O) groups is 1. The van der Waals surface area contributed by atoms with E-state index in [0.29, 0.717) is 18.8 Å². The van der Waals surface area contributed by atoms with Crippen LogP contribution in [-0.4, -0.2) is 54.1 Å². The number of amides is 1. The fourth-order valence-electron chi connectivity index (χ4n) is 3.18. The van der Waals surface area contributed by atoms with Crippen LogP contribution in [0.5, 0.6) is 5.75 Å². The number of anilines is 1. The first kappa shape index (κ1) is 15.5. The van der Waals surface area contributed by atoms with Crippen molar-refractivity contribution in [3.05, 3.63) is 54.4 Å². The van der Waals surface area contributed by atoms with Gasteiger partial charge in [-0.3, -0.25) is 4.79 Å². The van der Waals surface area contributed by atoms with Crippen molar-refractivity contribution in [2.75, 3.05) is 38.2 Å². The van der Waals surface area contributed by atoms with Crippen molar-refractivity contribution in [3.63, 3.8) is 0 Å². The number of fused-ring (bicyclic) bond motifs is 1. The minimum Gasteiger partial charge on any atom is -0.495 e. The summed E-state index contributed by atoms with van der Waals surface area (Å²) in [5, 5.41) is 1.06. The van der Waals surface area contributed by atoms with Gasteiger partial charge < -0.3 is 19.5 Å². The Morgan fingerprint density at radius 3 is 2.60 bits per heavy atom. The van der Waals surface area contributed by atoms with E-state index in [1.807, 2.05) is 47.4 Å². The van der Waals surface area contributed by atoms with Crippen molar-refractivity contribution in [2.24, 2.45) is 0 Å². The Morgan fingerprint density at radius 1 is 1.12 bits per heavy atom. The number of carbonyl (C=O) groups excluding carboxylic acids is 1. The smallest absolute Gasteiger partial charge is 0.270 e. The van der Waals surface area contributed by atoms with E-state index in [9.17, 15) is 4.79 Å². The monoisotopic (exact) mass is 336 g/mol. The number of rotatable bonds is 3. The van der Waals surface area contributed by atoms with Crippen LogP contribution in [0.2, 0.25) is 0 Å². The summed E-state index contributed by atoms with van der Waals surface area (Å²) in [4.78, 5) is 24.5. The van der Waals surface area contributed by atoms with Gasteiger partial charge in [0, 0.05) is 37.1 Å². The highest BCUT2D eigenvalue weighted by Crippen LogP contribution is 2.19. The van der Waals surface area contributed by atoms with E-state index < -0.39 is 0 Å². The Morgan fingerprint density at radius 2 is 1.92 bits per heavy atom. The molecule has 0 atom stereocenters. The molecule has 1 aliphatic rings. The molecule has 6 heteroatoms. The van der Waals surface area contributed by atoms with Gasteiger partial charge in [0.1, 0.15) is 17.3 Å². The fourth-order valence-corrected chi connectivity index (χ4v) is 3.18. The van der Waals surface area contributed by atoms with Crippen LogP contribution < -0.4 is 9.64 Å². The summed E-state index contributed by atoms with van der Waals surface area (Å²) in [5.74, 6) is 1.72. The zero-order valence-electron chi connectivity index (χ0n) is 14.1. The van der Waals surface area contributed by atoms with Crippen LogP contribution in [0.25, 0.3) is 10.9 Å². The topological polar surface area (TPSA) is 61.5 Å². The van der Waals surface area contributed by atoms with Crippen molar-refractivity contribution in [2.45, 2.75) is 0 Å². The van der Waals surface area contributed by atoms with Gasteiger partial charge in [-0.2, -0.15) is 0 Å². The Bertz CT molecular complexity index is 847. The lowest BCUT2D eigenvalue weighted by Crippen LogP contribution is -2.49. The minimum absolute atomic E-state index is 0.0542. The van der Waals surface area contributed by atoms with Gasteiger partial charge in [-0.25, -0.2) is 4.98 Å². The van der Waals surface area contributed by atoms with Crippen molar-refractivity contribution in [1.82, 2.24) is 14.9 Å². The van der Waals surface area contributed by atoms with Crippen molar-refractivity contribution >= 4 is 22.6 Å². The van der Waals surface area contributed by atoms with E-state index >= 15 is 0 Å². The lowest BCUT2D eigenvalue weighted by molar-refractivity contribution is 0.0741. The molecule has 3 aromatic rings. The molecular formula is C19H20N4O2. The number of aromatic nitrogens is 2. The molecular weight excluding hydrogens is 316 g/mol. The van der Waals surface area contributed by atoms with E-state index in [0.717, 1.165) is 35.6 Å². The molecule has 0 aliphatic carbocycles. The number of pyridine rings is 1. The molecule has 1 aromatic carbocycles. The predicted octanol–water partition coefficient (Wildman–Crippen LogP) is 2.53. The molecule has 0 saturated carbocycles. The molecule has 6 nitrogen and oxygen atoms in total. The maximum absolute atomic E-state index is 12.7. The van der Waals surface area contributed by atoms with E-state index in [1.54, 1.807) is 13.3 Å². The van der Waals surface area contributed by atoms with Crippen LogP contribution in [0, 0.1) is 0 Å². The predicted molar refractivity (Wildman–Crippen MR) is 97.2 cm³/mol. The molecule has 4 rings (SSSR count). The molecule has 1 aliphatic heterocycles. The molecule has 1 fully saturated rings. The summed E-state index contributed by atoms with van der Waals surface area (Å²) < 4.78 is 5.14. The van der Waals surface area contributed by atoms with Gasteiger partial charge in [0.25, 0.3) is 5.91 Å². The van der Waals surface area contributed by atoms with Crippen LogP contribution in [0.3, 0.4) is 0 Å². The average molecular weight is 336 g/mol. The van der Waals surface area contributed by atoms with Crippen LogP contribution in [0.15, 0.2) is 48.7 Å². The maximum Gasteiger partial charge on any atom is 0.270 e. The second-order valence-electron chi connectivity index (χ2n) is 6.11. The number of H-pyrrole nitrogens is 1. The Labute approximate surface area is 146 Å². The molecule has 0 bridgehead atoms. The lowest BCUT2D eigenvalue weighted by atomic mass is 10.2. The third kappa shape index (κ3) is 3.03. The number of benzene rings is 1. The number of piperazine rings is 1. The molecule has 25 heavy (non-hydrogen) atoms. The van der Waals surface area contributed by atoms with Crippen LogP contribution in [0.1, 0.15) is 10.5 Å². The summed E-state index contributed by atoms with van der Waals surface area (Å²) in [6, 6.07) is 13.7. The number of hydrogen-bond acceptors (Lipinski definition) is 4. The molecule has 0 unspecified atom stereocenters. The summed E-state index contributed by atoms with van der Waals surface area (Å²) in [6.45, 7) is 2.90. The molecule has 0 spiro atoms. The van der Waals surface area contributed by atoms with Gasteiger partial charge in [-0.15, -0.1) is 0 Å². The van der Waals surface area contributed by atoms with Crippen molar-refractivity contribution in [1.29, 1.82) is 0 Å². The van der Waals surface area contributed by atoms with E-state index in [-0.39, 0.29) is 5.91 Å². The number of nitrogens with zero attached hydrogens (tertiary/aromatic N) is 3. The summed E-state index contributed by atoms with van der Waals surface area (Å²) in [7, 11) is 1.63. The van der Waals surface area contributed by atoms with Crippen LogP contribution >= 0.6 is 0 Å². The number of aromatic amines is 1. The van der Waals surface area contributed by atoms with Gasteiger partial charge >= 0.3 is 0 Å². The molecule has 0 radical (unpaired) electrons. The highest BCUT2D eigenvalue weighted by atomic mass is 16.5. The summed E-state index contributed by atoms with van der Waals surface area (Å²) >= 11 is 0. The number of ether oxygens (including phenoxy) is 1. The molecule has 1 saturated heterocycles. The lowest BCUT2D eigenvalue weighted by Gasteiger charge is -2.35. The number of nitrogens with one attached hydrogen (secondary N) is 1. The molecule has 1 N–H and O–H groups in total. The number of para-hydroxylation sites is 1. The zero-order valence-corrected chi connectivity index (χ0v) is 14.1. The molecule has 3 heterocycles. The third-order valence-corrected chi connectivity index (χ3v) is 4.61. The van der Waals surface area contributed by atoms with E-state index in [1.165, 1.54) is 0 Å². The second-order valence-corrected chi connectivity index (χ2v) is 6.11. The highest BCUT2D eigenvalue weighted by Gasteiger charge is 2.23. The summed E-state index contributed by atoms with van der Waals surface area (Å²) in [6.07, 6.45) is 1.72. The quantitative estimate of drug-likeness (QED) is 0.798. The fraction of sp³-hybridized carbons (Fsp3) is 0.263. The average Bonchev–Trinajstić information content (AvgIpc) is 3.12. The zero-order chi connectivity index (χ0) is 17.2. The summed E-state index contributed by atoms with van der Waals surface area (Å²) in [5.41, 5.74) is 1.64. The third-order valence-electron chi connectivity index (χ3n) is 4.61. The van der Waals surface area contributed by atoms with Gasteiger partial charge in [0.2, 0.25) is 0 Å². The Hall–Kier alpha value is -3.02. The van der Waals surface area contributed by atoms with Crippen molar-refractivity contribution < 1.29 is 9.53 Å². The SMILES string of the molecule is COc1ccc(N2CCN(C(=O)c3cc4ccccc4[nH]3)CC2)nc1. The van der Waals surface area contributed by atoms with Crippen LogP contribution in [-0.2, 0) is 0 Å². The largest absolute Gasteiger partial charge is 0.495 e. The van der Waals surface area contributed by atoms with E-state index in [4.69, 9.17) is 4.74 Å². The Kier molecular flexibility index (Phi) is 4.01. The minimum atomic E-state index is 0.0542. The van der Waals surface area contributed by atoms with Gasteiger partial charge in [0.15, 0.2) is 0 Å². The standard InChI is InChI=1S/C19H20N4O2/c1-25-15-6-7-18(20-13-15)22-8-10-23(11-9-22)19(24)17-12-14-4-2-3-5-16(14)21-17/h2-7,12-13,21H,8-11H2,1H3. The van der Waals surface area contributed by atoms with Crippen LogP contribution in [0.4, 0.5) is 5.82 Å².